The van der Waals surface area contributed by atoms with Crippen molar-refractivity contribution >= 4 is 26.9 Å². The number of rotatable bonds is 3. The Labute approximate surface area is 120 Å². The number of benzene rings is 2. The van der Waals surface area contributed by atoms with E-state index in [-0.39, 0.29) is 0 Å². The van der Waals surface area contributed by atoms with Gasteiger partial charge < -0.3 is 9.15 Å². The number of hydrogen-bond donors (Lipinski definition) is 0. The summed E-state index contributed by atoms with van der Waals surface area (Å²) < 4.78 is 12.5. The number of ether oxygens (including phenoxy) is 1. The predicted octanol–water partition coefficient (Wildman–Crippen LogP) is 5.08. The summed E-state index contributed by atoms with van der Waals surface area (Å²) in [6.07, 6.45) is 0. The molecule has 3 aromatic rings. The van der Waals surface area contributed by atoms with E-state index in [2.05, 4.69) is 28.9 Å². The average Bonchev–Trinajstić information content (AvgIpc) is 2.80. The second kappa shape index (κ2) is 5.10. The number of aryl methyl sites for hydroxylation is 1. The highest BCUT2D eigenvalue weighted by Gasteiger charge is 2.04. The van der Waals surface area contributed by atoms with Crippen molar-refractivity contribution in [3.05, 3.63) is 64.3 Å². The van der Waals surface area contributed by atoms with Gasteiger partial charge in [0.05, 0.1) is 0 Å². The molecule has 0 aliphatic carbocycles. The summed E-state index contributed by atoms with van der Waals surface area (Å²) in [5, 5.41) is 1.12. The summed E-state index contributed by atoms with van der Waals surface area (Å²) in [4.78, 5) is 0. The number of furan rings is 1. The molecule has 0 spiro atoms. The summed E-state index contributed by atoms with van der Waals surface area (Å²) in [7, 11) is 0. The minimum atomic E-state index is 0.440. The van der Waals surface area contributed by atoms with E-state index in [9.17, 15) is 0 Å². The van der Waals surface area contributed by atoms with Crippen LogP contribution in [0.25, 0.3) is 11.0 Å². The first-order valence-corrected chi connectivity index (χ1v) is 6.87. The van der Waals surface area contributed by atoms with Crippen LogP contribution in [0.2, 0.25) is 0 Å². The molecule has 3 heteroatoms. The van der Waals surface area contributed by atoms with Crippen LogP contribution in [0.1, 0.15) is 11.3 Å². The van der Waals surface area contributed by atoms with Crippen LogP contribution < -0.4 is 4.74 Å². The van der Waals surface area contributed by atoms with Gasteiger partial charge in [-0.2, -0.15) is 0 Å². The molecule has 3 rings (SSSR count). The van der Waals surface area contributed by atoms with Gasteiger partial charge >= 0.3 is 0 Å². The predicted molar refractivity (Wildman–Crippen MR) is 79.4 cm³/mol. The molecule has 0 radical (unpaired) electrons. The molecule has 0 saturated heterocycles. The Morgan fingerprint density at radius 1 is 1.05 bits per heavy atom. The summed E-state index contributed by atoms with van der Waals surface area (Å²) in [6, 6.07) is 15.9. The molecule has 2 nitrogen and oxygen atoms in total. The van der Waals surface area contributed by atoms with E-state index >= 15 is 0 Å². The van der Waals surface area contributed by atoms with Gasteiger partial charge in [0.2, 0.25) is 0 Å². The van der Waals surface area contributed by atoms with Crippen molar-refractivity contribution in [2.24, 2.45) is 0 Å². The van der Waals surface area contributed by atoms with Crippen molar-refractivity contribution in [2.45, 2.75) is 13.5 Å². The van der Waals surface area contributed by atoms with E-state index in [1.807, 2.05) is 42.5 Å². The molecule has 0 saturated carbocycles. The van der Waals surface area contributed by atoms with Crippen LogP contribution in [0, 0.1) is 6.92 Å². The van der Waals surface area contributed by atoms with E-state index in [1.54, 1.807) is 0 Å². The Morgan fingerprint density at radius 3 is 2.63 bits per heavy atom. The highest BCUT2D eigenvalue weighted by molar-refractivity contribution is 9.10. The standard InChI is InChI=1S/C16H13BrO2/c1-11-2-7-16-12(8-11)9-15(19-16)10-18-14-5-3-13(17)4-6-14/h2-9H,10H2,1H3. The normalized spacial score (nSPS) is 10.8. The lowest BCUT2D eigenvalue weighted by molar-refractivity contribution is 0.274. The number of hydrogen-bond acceptors (Lipinski definition) is 2. The first-order chi connectivity index (χ1) is 9.20. The van der Waals surface area contributed by atoms with Crippen molar-refractivity contribution in [3.63, 3.8) is 0 Å². The van der Waals surface area contributed by atoms with E-state index in [4.69, 9.17) is 9.15 Å². The second-order valence-corrected chi connectivity index (χ2v) is 5.41. The fourth-order valence-electron chi connectivity index (χ4n) is 1.97. The smallest absolute Gasteiger partial charge is 0.146 e. The molecule has 0 atom stereocenters. The summed E-state index contributed by atoms with van der Waals surface area (Å²) in [5.74, 6) is 1.67. The largest absolute Gasteiger partial charge is 0.486 e. The van der Waals surface area contributed by atoms with E-state index < -0.39 is 0 Å². The first kappa shape index (κ1) is 12.3. The van der Waals surface area contributed by atoms with Gasteiger partial charge in [-0.25, -0.2) is 0 Å². The molecule has 1 aromatic heterocycles. The summed E-state index contributed by atoms with van der Waals surface area (Å²) in [6.45, 7) is 2.51. The second-order valence-electron chi connectivity index (χ2n) is 4.50. The summed E-state index contributed by atoms with van der Waals surface area (Å²) in [5.41, 5.74) is 2.13. The highest BCUT2D eigenvalue weighted by Crippen LogP contribution is 2.22. The van der Waals surface area contributed by atoms with E-state index in [0.29, 0.717) is 6.61 Å². The molecule has 0 aliphatic heterocycles. The van der Waals surface area contributed by atoms with Gasteiger partial charge in [-0.1, -0.05) is 27.6 Å². The molecular weight excluding hydrogens is 304 g/mol. The van der Waals surface area contributed by atoms with Gasteiger partial charge in [-0.05, 0) is 49.4 Å². The first-order valence-electron chi connectivity index (χ1n) is 6.08. The Hall–Kier alpha value is -1.74. The van der Waals surface area contributed by atoms with Crippen molar-refractivity contribution in [1.82, 2.24) is 0 Å². The van der Waals surface area contributed by atoms with Gasteiger partial charge in [-0.3, -0.25) is 0 Å². The lowest BCUT2D eigenvalue weighted by Gasteiger charge is -2.03. The van der Waals surface area contributed by atoms with Crippen LogP contribution in [-0.4, -0.2) is 0 Å². The third kappa shape index (κ3) is 2.82. The van der Waals surface area contributed by atoms with Crippen molar-refractivity contribution in [1.29, 1.82) is 0 Å². The highest BCUT2D eigenvalue weighted by atomic mass is 79.9. The fourth-order valence-corrected chi connectivity index (χ4v) is 2.24. The van der Waals surface area contributed by atoms with E-state index in [0.717, 1.165) is 27.0 Å². The Morgan fingerprint density at radius 2 is 1.84 bits per heavy atom. The lowest BCUT2D eigenvalue weighted by Crippen LogP contribution is -1.92. The molecule has 0 fully saturated rings. The SMILES string of the molecule is Cc1ccc2oc(COc3ccc(Br)cc3)cc2c1. The van der Waals surface area contributed by atoms with Crippen LogP contribution >= 0.6 is 15.9 Å². The third-order valence-electron chi connectivity index (χ3n) is 2.92. The van der Waals surface area contributed by atoms with Crippen LogP contribution in [-0.2, 0) is 6.61 Å². The molecular formula is C16H13BrO2. The third-order valence-corrected chi connectivity index (χ3v) is 3.45. The van der Waals surface area contributed by atoms with Crippen LogP contribution in [0.15, 0.2) is 57.4 Å². The zero-order valence-electron chi connectivity index (χ0n) is 10.5. The van der Waals surface area contributed by atoms with E-state index in [1.165, 1.54) is 5.56 Å². The number of halogens is 1. The zero-order valence-corrected chi connectivity index (χ0v) is 12.1. The zero-order chi connectivity index (χ0) is 13.2. The molecule has 0 aliphatic rings. The minimum Gasteiger partial charge on any atom is -0.486 e. The maximum Gasteiger partial charge on any atom is 0.146 e. The molecule has 0 N–H and O–H groups in total. The molecule has 0 unspecified atom stereocenters. The topological polar surface area (TPSA) is 22.4 Å². The molecule has 0 amide bonds. The van der Waals surface area contributed by atoms with Crippen LogP contribution in [0.3, 0.4) is 0 Å². The summed E-state index contributed by atoms with van der Waals surface area (Å²) >= 11 is 3.40. The quantitative estimate of drug-likeness (QED) is 0.672. The molecule has 2 aromatic carbocycles. The minimum absolute atomic E-state index is 0.440. The Bertz CT molecular complexity index is 698. The average molecular weight is 317 g/mol. The van der Waals surface area contributed by atoms with Crippen molar-refractivity contribution in [2.75, 3.05) is 0 Å². The maximum absolute atomic E-state index is 5.73. The van der Waals surface area contributed by atoms with Crippen molar-refractivity contribution in [3.8, 4) is 5.75 Å². The maximum atomic E-state index is 5.73. The molecule has 0 bridgehead atoms. The number of fused-ring (bicyclic) bond motifs is 1. The van der Waals surface area contributed by atoms with Gasteiger partial charge in [0.15, 0.2) is 0 Å². The lowest BCUT2D eigenvalue weighted by atomic mass is 10.2. The van der Waals surface area contributed by atoms with Gasteiger partial charge in [0, 0.05) is 9.86 Å². The van der Waals surface area contributed by atoms with Crippen LogP contribution in [0.4, 0.5) is 0 Å². The molecule has 1 heterocycles. The Kier molecular flexibility index (Phi) is 3.30. The molecule has 19 heavy (non-hydrogen) atoms. The van der Waals surface area contributed by atoms with Crippen LogP contribution in [0.5, 0.6) is 5.75 Å². The van der Waals surface area contributed by atoms with Gasteiger partial charge in [0.25, 0.3) is 0 Å². The Balaban J connectivity index is 1.76. The fraction of sp³-hybridized carbons (Fsp3) is 0.125. The van der Waals surface area contributed by atoms with Gasteiger partial charge in [0.1, 0.15) is 23.7 Å². The molecule has 96 valence electrons. The van der Waals surface area contributed by atoms with Crippen molar-refractivity contribution < 1.29 is 9.15 Å². The monoisotopic (exact) mass is 316 g/mol. The van der Waals surface area contributed by atoms with Gasteiger partial charge in [-0.15, -0.1) is 0 Å².